The predicted octanol–water partition coefficient (Wildman–Crippen LogP) is 4.36. The number of anilines is 1. The Hall–Kier alpha value is -2.91. The average Bonchev–Trinajstić information content (AvgIpc) is 2.66. The number of nitrogens with zero attached hydrogens (tertiary/aromatic N) is 3. The van der Waals surface area contributed by atoms with Crippen LogP contribution in [-0.4, -0.2) is 58.2 Å². The van der Waals surface area contributed by atoms with Gasteiger partial charge < -0.3 is 19.8 Å². The number of halogens is 2. The molecule has 1 aliphatic heterocycles. The Labute approximate surface area is 191 Å². The molecule has 1 aromatic heterocycles. The first-order chi connectivity index (χ1) is 15.0. The van der Waals surface area contributed by atoms with Crippen molar-refractivity contribution >= 4 is 29.4 Å². The van der Waals surface area contributed by atoms with Crippen molar-refractivity contribution in [3.05, 3.63) is 52.8 Å². The van der Waals surface area contributed by atoms with E-state index in [4.69, 9.17) is 21.2 Å². The van der Waals surface area contributed by atoms with E-state index in [0.29, 0.717) is 19.6 Å². The maximum absolute atomic E-state index is 13.2. The minimum absolute atomic E-state index is 0.00625. The van der Waals surface area contributed by atoms with Crippen LogP contribution < -0.4 is 10.2 Å². The number of hydrogen-bond donors (Lipinski definition) is 1. The standard InChI is InChI=1S/C22H26ClFN4O4/c1-14-13-27(10-11-28(14)21(30)31-22(2,3)4)32-19-7-5-6-18(25-19)26-20(29)16-9-8-15(24)12-17(16)23/h5-9,12,14H,10-11,13H2,1-4H3,(H,25,26,29). The largest absolute Gasteiger partial charge is 0.444 e. The molecule has 172 valence electrons. The molecule has 1 N–H and O–H groups in total. The number of hydrogen-bond acceptors (Lipinski definition) is 6. The Kier molecular flexibility index (Phi) is 7.20. The molecular formula is C22H26ClFN4O4. The number of piperazine rings is 1. The number of nitrogens with one attached hydrogen (secondary N) is 1. The molecule has 0 spiro atoms. The maximum Gasteiger partial charge on any atom is 0.410 e. The second-order valence-electron chi connectivity index (χ2n) is 8.44. The molecule has 32 heavy (non-hydrogen) atoms. The summed E-state index contributed by atoms with van der Waals surface area (Å²) in [7, 11) is 0. The van der Waals surface area contributed by atoms with Crippen LogP contribution in [-0.2, 0) is 4.74 Å². The number of aromatic nitrogens is 1. The maximum atomic E-state index is 13.2. The van der Waals surface area contributed by atoms with Gasteiger partial charge in [-0.2, -0.15) is 4.98 Å². The molecule has 1 aliphatic rings. The van der Waals surface area contributed by atoms with Crippen LogP contribution in [0.5, 0.6) is 5.88 Å². The van der Waals surface area contributed by atoms with E-state index in [9.17, 15) is 14.0 Å². The van der Waals surface area contributed by atoms with Gasteiger partial charge in [0.2, 0.25) is 5.88 Å². The van der Waals surface area contributed by atoms with Gasteiger partial charge in [0.15, 0.2) is 0 Å². The van der Waals surface area contributed by atoms with Crippen LogP contribution >= 0.6 is 11.6 Å². The molecule has 1 saturated heterocycles. The van der Waals surface area contributed by atoms with Gasteiger partial charge in [0.05, 0.1) is 23.7 Å². The molecule has 2 amide bonds. The highest BCUT2D eigenvalue weighted by molar-refractivity contribution is 6.34. The van der Waals surface area contributed by atoms with E-state index < -0.39 is 17.3 Å². The zero-order valence-corrected chi connectivity index (χ0v) is 19.1. The lowest BCUT2D eigenvalue weighted by molar-refractivity contribution is -0.106. The molecule has 1 aromatic carbocycles. The summed E-state index contributed by atoms with van der Waals surface area (Å²) < 4.78 is 18.7. The Morgan fingerprint density at radius 2 is 1.97 bits per heavy atom. The fourth-order valence-electron chi connectivity index (χ4n) is 3.12. The van der Waals surface area contributed by atoms with E-state index in [-0.39, 0.29) is 34.4 Å². The third-order valence-corrected chi connectivity index (χ3v) is 4.89. The smallest absolute Gasteiger partial charge is 0.410 e. The van der Waals surface area contributed by atoms with Gasteiger partial charge in [-0.3, -0.25) is 4.79 Å². The molecule has 0 aliphatic carbocycles. The Bertz CT molecular complexity index is 998. The van der Waals surface area contributed by atoms with Crippen molar-refractivity contribution < 1.29 is 23.6 Å². The highest BCUT2D eigenvalue weighted by Crippen LogP contribution is 2.21. The van der Waals surface area contributed by atoms with Gasteiger partial charge in [0.25, 0.3) is 5.91 Å². The predicted molar refractivity (Wildman–Crippen MR) is 118 cm³/mol. The van der Waals surface area contributed by atoms with Crippen LogP contribution in [0.25, 0.3) is 0 Å². The SMILES string of the molecule is CC1CN(Oc2cccc(NC(=O)c3ccc(F)cc3Cl)n2)CCN1C(=O)OC(C)(C)C. The van der Waals surface area contributed by atoms with Crippen LogP contribution in [0.4, 0.5) is 15.0 Å². The first kappa shape index (κ1) is 23.7. The number of hydroxylamine groups is 2. The van der Waals surface area contributed by atoms with Gasteiger partial charge >= 0.3 is 6.09 Å². The molecule has 1 unspecified atom stereocenters. The van der Waals surface area contributed by atoms with Gasteiger partial charge in [0, 0.05) is 18.7 Å². The van der Waals surface area contributed by atoms with Crippen molar-refractivity contribution in [1.29, 1.82) is 0 Å². The number of amides is 2. The quantitative estimate of drug-likeness (QED) is 0.723. The van der Waals surface area contributed by atoms with E-state index in [1.807, 2.05) is 27.7 Å². The van der Waals surface area contributed by atoms with E-state index in [1.54, 1.807) is 28.2 Å². The third kappa shape index (κ3) is 6.30. The molecule has 0 radical (unpaired) electrons. The van der Waals surface area contributed by atoms with Crippen LogP contribution in [0.15, 0.2) is 36.4 Å². The summed E-state index contributed by atoms with van der Waals surface area (Å²) in [5, 5.41) is 4.33. The number of benzene rings is 1. The van der Waals surface area contributed by atoms with E-state index >= 15 is 0 Å². The number of pyridine rings is 1. The van der Waals surface area contributed by atoms with E-state index in [2.05, 4.69) is 10.3 Å². The highest BCUT2D eigenvalue weighted by atomic mass is 35.5. The van der Waals surface area contributed by atoms with Crippen molar-refractivity contribution in [2.45, 2.75) is 39.3 Å². The lowest BCUT2D eigenvalue weighted by atomic mass is 10.2. The summed E-state index contributed by atoms with van der Waals surface area (Å²) >= 11 is 5.94. The van der Waals surface area contributed by atoms with Gasteiger partial charge in [-0.05, 0) is 52.0 Å². The lowest BCUT2D eigenvalue weighted by Crippen LogP contribution is -2.55. The average molecular weight is 465 g/mol. The Morgan fingerprint density at radius 3 is 2.62 bits per heavy atom. The van der Waals surface area contributed by atoms with Gasteiger partial charge in [-0.1, -0.05) is 17.7 Å². The highest BCUT2D eigenvalue weighted by Gasteiger charge is 2.31. The zero-order valence-electron chi connectivity index (χ0n) is 18.4. The summed E-state index contributed by atoms with van der Waals surface area (Å²) in [6, 6.07) is 8.36. The van der Waals surface area contributed by atoms with Crippen molar-refractivity contribution in [2.24, 2.45) is 0 Å². The Balaban J connectivity index is 1.59. The van der Waals surface area contributed by atoms with Crippen LogP contribution in [0.1, 0.15) is 38.1 Å². The van der Waals surface area contributed by atoms with Gasteiger partial charge in [-0.25, -0.2) is 9.18 Å². The summed E-state index contributed by atoms with van der Waals surface area (Å²) in [6.07, 6.45) is -0.355. The zero-order chi connectivity index (χ0) is 23.5. The Morgan fingerprint density at radius 1 is 1.22 bits per heavy atom. The van der Waals surface area contributed by atoms with Crippen molar-refractivity contribution in [1.82, 2.24) is 14.9 Å². The molecule has 3 rings (SSSR count). The summed E-state index contributed by atoms with van der Waals surface area (Å²) in [5.41, 5.74) is -0.425. The monoisotopic (exact) mass is 464 g/mol. The molecule has 1 fully saturated rings. The molecular weight excluding hydrogens is 439 g/mol. The van der Waals surface area contributed by atoms with Crippen molar-refractivity contribution in [3.63, 3.8) is 0 Å². The van der Waals surface area contributed by atoms with E-state index in [1.165, 1.54) is 6.07 Å². The summed E-state index contributed by atoms with van der Waals surface area (Å²) in [4.78, 5) is 36.6. The minimum atomic E-state index is -0.558. The van der Waals surface area contributed by atoms with Crippen LogP contribution in [0.3, 0.4) is 0 Å². The number of rotatable bonds is 4. The summed E-state index contributed by atoms with van der Waals surface area (Å²) in [6.45, 7) is 8.77. The molecule has 10 heteroatoms. The molecule has 2 heterocycles. The number of ether oxygens (including phenoxy) is 1. The summed E-state index contributed by atoms with van der Waals surface area (Å²) in [5.74, 6) is -0.500. The second-order valence-corrected chi connectivity index (χ2v) is 8.85. The van der Waals surface area contributed by atoms with Crippen molar-refractivity contribution in [2.75, 3.05) is 25.0 Å². The fourth-order valence-corrected chi connectivity index (χ4v) is 3.38. The second kappa shape index (κ2) is 9.70. The van der Waals surface area contributed by atoms with Gasteiger partial charge in [0.1, 0.15) is 17.2 Å². The van der Waals surface area contributed by atoms with Crippen LogP contribution in [0, 0.1) is 5.82 Å². The third-order valence-electron chi connectivity index (χ3n) is 4.58. The fraction of sp³-hybridized carbons (Fsp3) is 0.409. The van der Waals surface area contributed by atoms with E-state index in [0.717, 1.165) is 12.1 Å². The molecule has 0 saturated carbocycles. The minimum Gasteiger partial charge on any atom is -0.444 e. The number of carbonyl (C=O) groups is 2. The van der Waals surface area contributed by atoms with Gasteiger partial charge in [-0.15, -0.1) is 5.06 Å². The molecule has 1 atom stereocenters. The molecule has 0 bridgehead atoms. The van der Waals surface area contributed by atoms with Crippen molar-refractivity contribution in [3.8, 4) is 5.88 Å². The molecule has 2 aromatic rings. The molecule has 8 nitrogen and oxygen atoms in total. The topological polar surface area (TPSA) is 84.0 Å². The first-order valence-corrected chi connectivity index (χ1v) is 10.6. The number of carbonyl (C=O) groups excluding carboxylic acids is 2. The first-order valence-electron chi connectivity index (χ1n) is 10.2. The van der Waals surface area contributed by atoms with Crippen LogP contribution in [0.2, 0.25) is 5.02 Å². The lowest BCUT2D eigenvalue weighted by Gasteiger charge is -2.39. The normalized spacial score (nSPS) is 17.1.